The predicted octanol–water partition coefficient (Wildman–Crippen LogP) is 4.41. The fourth-order valence-corrected chi connectivity index (χ4v) is 4.83. The highest BCUT2D eigenvalue weighted by Crippen LogP contribution is 2.46. The van der Waals surface area contributed by atoms with Crippen molar-refractivity contribution in [1.82, 2.24) is 9.47 Å². The lowest BCUT2D eigenvalue weighted by atomic mass is 9.97. The molecule has 0 saturated carbocycles. The Balaban J connectivity index is 1.50. The number of hydrogen-bond donors (Lipinski definition) is 0. The third-order valence-corrected chi connectivity index (χ3v) is 6.05. The Kier molecular flexibility index (Phi) is 3.56. The Morgan fingerprint density at radius 3 is 2.68 bits per heavy atom. The molecule has 2 aromatic carbocycles. The lowest BCUT2D eigenvalue weighted by Gasteiger charge is -2.32. The summed E-state index contributed by atoms with van der Waals surface area (Å²) in [5.41, 5.74) is 4.49. The van der Waals surface area contributed by atoms with Gasteiger partial charge in [0.05, 0.1) is 6.54 Å². The maximum atomic E-state index is 5.98. The number of rotatable bonds is 4. The first-order valence-electron chi connectivity index (χ1n) is 9.32. The number of likely N-dealkylation sites (N-methyl/N-ethyl adjacent to an activating group) is 1. The summed E-state index contributed by atoms with van der Waals surface area (Å²) in [6.45, 7) is 1.62. The number of fused-ring (bicyclic) bond motifs is 6. The van der Waals surface area contributed by atoms with Crippen molar-refractivity contribution in [2.75, 3.05) is 13.7 Å². The van der Waals surface area contributed by atoms with E-state index in [4.69, 9.17) is 4.74 Å². The van der Waals surface area contributed by atoms with E-state index >= 15 is 0 Å². The van der Waals surface area contributed by atoms with E-state index in [2.05, 4.69) is 40.8 Å². The third kappa shape index (κ3) is 2.37. The number of para-hydroxylation sites is 2. The lowest BCUT2D eigenvalue weighted by Crippen LogP contribution is -2.34. The Bertz CT molecular complexity index is 899. The van der Waals surface area contributed by atoms with Gasteiger partial charge in [-0.2, -0.15) is 0 Å². The Morgan fingerprint density at radius 1 is 1.00 bits per heavy atom. The zero-order chi connectivity index (χ0) is 16.8. The van der Waals surface area contributed by atoms with E-state index in [0.717, 1.165) is 12.3 Å². The van der Waals surface area contributed by atoms with E-state index in [0.29, 0.717) is 18.7 Å². The second-order valence-electron chi connectivity index (χ2n) is 7.31. The van der Waals surface area contributed by atoms with Crippen LogP contribution in [0.3, 0.4) is 0 Å². The number of hydrogen-bond acceptors (Lipinski definition) is 2. The van der Waals surface area contributed by atoms with Crippen LogP contribution in [-0.4, -0.2) is 29.2 Å². The number of aromatic nitrogens is 1. The van der Waals surface area contributed by atoms with Crippen molar-refractivity contribution in [3.05, 3.63) is 65.9 Å². The van der Waals surface area contributed by atoms with Gasteiger partial charge < -0.3 is 9.30 Å². The molecular formula is C22H24N2O. The topological polar surface area (TPSA) is 17.4 Å². The van der Waals surface area contributed by atoms with Crippen molar-refractivity contribution in [1.29, 1.82) is 0 Å². The molecule has 2 unspecified atom stereocenters. The number of ether oxygens (including phenoxy) is 1. The van der Waals surface area contributed by atoms with Crippen LogP contribution >= 0.6 is 0 Å². The van der Waals surface area contributed by atoms with E-state index in [-0.39, 0.29) is 0 Å². The largest absolute Gasteiger partial charge is 0.492 e. The second kappa shape index (κ2) is 5.92. The minimum absolute atomic E-state index is 0.593. The molecule has 3 nitrogen and oxygen atoms in total. The molecule has 3 aromatic rings. The summed E-state index contributed by atoms with van der Waals surface area (Å²) in [5.74, 6) is 0.952. The van der Waals surface area contributed by atoms with Gasteiger partial charge in [-0.1, -0.05) is 36.4 Å². The Labute approximate surface area is 148 Å². The van der Waals surface area contributed by atoms with Crippen LogP contribution in [0, 0.1) is 0 Å². The SMILES string of the molecule is CN1C2CCC1c1c(n(CCOc3ccccc3)c3ccccc13)C2. The quantitative estimate of drug-likeness (QED) is 0.704. The van der Waals surface area contributed by atoms with Gasteiger partial charge in [0.25, 0.3) is 0 Å². The molecule has 128 valence electrons. The maximum absolute atomic E-state index is 5.98. The molecule has 1 aromatic heterocycles. The average Bonchev–Trinajstić information content (AvgIpc) is 3.07. The molecule has 0 radical (unpaired) electrons. The van der Waals surface area contributed by atoms with E-state index < -0.39 is 0 Å². The molecule has 0 N–H and O–H groups in total. The molecule has 2 aliphatic rings. The van der Waals surface area contributed by atoms with Crippen molar-refractivity contribution >= 4 is 10.9 Å². The van der Waals surface area contributed by atoms with Crippen molar-refractivity contribution in [3.63, 3.8) is 0 Å². The summed E-state index contributed by atoms with van der Waals surface area (Å²) in [6.07, 6.45) is 3.79. The van der Waals surface area contributed by atoms with Gasteiger partial charge in [-0.25, -0.2) is 0 Å². The van der Waals surface area contributed by atoms with Gasteiger partial charge in [0.1, 0.15) is 12.4 Å². The summed E-state index contributed by atoms with van der Waals surface area (Å²) in [6, 6.07) is 20.3. The van der Waals surface area contributed by atoms with Gasteiger partial charge in [0.15, 0.2) is 0 Å². The molecule has 2 bridgehead atoms. The lowest BCUT2D eigenvalue weighted by molar-refractivity contribution is 0.220. The molecule has 2 aliphatic heterocycles. The minimum atomic E-state index is 0.593. The van der Waals surface area contributed by atoms with Crippen LogP contribution in [0.2, 0.25) is 0 Å². The van der Waals surface area contributed by atoms with Gasteiger partial charge in [-0.05, 0) is 43.7 Å². The van der Waals surface area contributed by atoms with Gasteiger partial charge in [0.2, 0.25) is 0 Å². The first-order chi connectivity index (χ1) is 12.3. The van der Waals surface area contributed by atoms with Crippen LogP contribution in [0.25, 0.3) is 10.9 Å². The monoisotopic (exact) mass is 332 g/mol. The molecule has 25 heavy (non-hydrogen) atoms. The fourth-order valence-electron chi connectivity index (χ4n) is 4.83. The summed E-state index contributed by atoms with van der Waals surface area (Å²) < 4.78 is 8.50. The molecule has 3 heteroatoms. The van der Waals surface area contributed by atoms with Crippen molar-refractivity contribution < 1.29 is 4.74 Å². The Morgan fingerprint density at radius 2 is 1.80 bits per heavy atom. The summed E-state index contributed by atoms with van der Waals surface area (Å²) >= 11 is 0. The van der Waals surface area contributed by atoms with Gasteiger partial charge in [-0.15, -0.1) is 0 Å². The van der Waals surface area contributed by atoms with Crippen molar-refractivity contribution in [2.45, 2.75) is 37.9 Å². The molecule has 0 amide bonds. The third-order valence-electron chi connectivity index (χ3n) is 6.05. The zero-order valence-corrected chi connectivity index (χ0v) is 14.7. The summed E-state index contributed by atoms with van der Waals surface area (Å²) in [4.78, 5) is 2.60. The van der Waals surface area contributed by atoms with E-state index in [1.165, 1.54) is 30.2 Å². The van der Waals surface area contributed by atoms with E-state index in [1.807, 2.05) is 30.3 Å². The van der Waals surface area contributed by atoms with Gasteiger partial charge in [-0.3, -0.25) is 4.90 Å². The predicted molar refractivity (Wildman–Crippen MR) is 101 cm³/mol. The van der Waals surface area contributed by atoms with Crippen molar-refractivity contribution in [3.8, 4) is 5.75 Å². The molecule has 0 spiro atoms. The number of benzene rings is 2. The summed E-state index contributed by atoms with van der Waals surface area (Å²) in [7, 11) is 2.30. The Hall–Kier alpha value is -2.26. The zero-order valence-electron chi connectivity index (χ0n) is 14.7. The van der Waals surface area contributed by atoms with Crippen LogP contribution in [-0.2, 0) is 13.0 Å². The molecule has 3 heterocycles. The minimum Gasteiger partial charge on any atom is -0.492 e. The van der Waals surface area contributed by atoms with Crippen LogP contribution in [0.1, 0.15) is 30.1 Å². The fraction of sp³-hybridized carbons (Fsp3) is 0.364. The first kappa shape index (κ1) is 15.0. The van der Waals surface area contributed by atoms with Crippen LogP contribution < -0.4 is 4.74 Å². The van der Waals surface area contributed by atoms with Crippen LogP contribution in [0.4, 0.5) is 0 Å². The maximum Gasteiger partial charge on any atom is 0.119 e. The smallest absolute Gasteiger partial charge is 0.119 e. The van der Waals surface area contributed by atoms with Crippen LogP contribution in [0.15, 0.2) is 54.6 Å². The average molecular weight is 332 g/mol. The van der Waals surface area contributed by atoms with Gasteiger partial charge in [0, 0.05) is 35.1 Å². The second-order valence-corrected chi connectivity index (χ2v) is 7.31. The molecule has 0 aliphatic carbocycles. The summed E-state index contributed by atoms with van der Waals surface area (Å²) in [5, 5.41) is 1.44. The number of nitrogens with zero attached hydrogens (tertiary/aromatic N) is 2. The molecule has 1 saturated heterocycles. The molecule has 2 atom stereocenters. The van der Waals surface area contributed by atoms with E-state index in [9.17, 15) is 0 Å². The highest BCUT2D eigenvalue weighted by molar-refractivity contribution is 5.86. The molecule has 1 fully saturated rings. The highest BCUT2D eigenvalue weighted by atomic mass is 16.5. The molecule has 5 rings (SSSR count). The van der Waals surface area contributed by atoms with Gasteiger partial charge >= 0.3 is 0 Å². The van der Waals surface area contributed by atoms with Crippen molar-refractivity contribution in [2.24, 2.45) is 0 Å². The first-order valence-corrected chi connectivity index (χ1v) is 9.32. The normalized spacial score (nSPS) is 22.3. The molecular weight excluding hydrogens is 308 g/mol. The van der Waals surface area contributed by atoms with Crippen LogP contribution in [0.5, 0.6) is 5.75 Å². The highest BCUT2D eigenvalue weighted by Gasteiger charge is 2.40. The standard InChI is InChI=1S/C22H24N2O/c1-23-16-11-12-20(23)22-18-9-5-6-10-19(18)24(21(22)15-16)13-14-25-17-7-3-2-4-8-17/h2-10,16,20H,11-15H2,1H3. The van der Waals surface area contributed by atoms with E-state index in [1.54, 1.807) is 11.3 Å².